The molecule has 52 valence electrons. The predicted octanol–water partition coefficient (Wildman–Crippen LogP) is -0.0842. The Bertz CT molecular complexity index is 123. The molecule has 0 bridgehead atoms. The molecule has 0 saturated carbocycles. The molecular formula is C4H6O3S2. The monoisotopic (exact) mass is 166 g/mol. The van der Waals surface area contributed by atoms with Crippen LogP contribution in [0.2, 0.25) is 0 Å². The summed E-state index contributed by atoms with van der Waals surface area (Å²) in [6.45, 7) is -0.275. The van der Waals surface area contributed by atoms with Crippen LogP contribution in [0.25, 0.3) is 0 Å². The van der Waals surface area contributed by atoms with E-state index >= 15 is 0 Å². The first-order valence-corrected chi connectivity index (χ1v) is 3.23. The third-order valence-electron chi connectivity index (χ3n) is 0.486. The largest absolute Gasteiger partial charge is 0.456 e. The highest BCUT2D eigenvalue weighted by Gasteiger charge is 1.99. The molecule has 0 aromatic rings. The molecule has 0 amide bonds. The van der Waals surface area contributed by atoms with E-state index in [2.05, 4.69) is 30.0 Å². The Balaban J connectivity index is 3.28. The van der Waals surface area contributed by atoms with Crippen molar-refractivity contribution >= 4 is 36.3 Å². The van der Waals surface area contributed by atoms with E-state index in [0.717, 1.165) is 0 Å². The first-order chi connectivity index (χ1) is 4.16. The topological polar surface area (TPSA) is 43.4 Å². The Morgan fingerprint density at radius 3 is 2.33 bits per heavy atom. The van der Waals surface area contributed by atoms with Crippen LogP contribution in [0.5, 0.6) is 0 Å². The van der Waals surface area contributed by atoms with Gasteiger partial charge >= 0.3 is 5.97 Å². The van der Waals surface area contributed by atoms with Crippen molar-refractivity contribution in [2.45, 2.75) is 0 Å². The average molecular weight is 166 g/mol. The zero-order valence-electron chi connectivity index (χ0n) is 4.53. The summed E-state index contributed by atoms with van der Waals surface area (Å²) >= 11 is 6.98. The van der Waals surface area contributed by atoms with Crippen molar-refractivity contribution in [3.63, 3.8) is 0 Å². The Morgan fingerprint density at radius 2 is 2.00 bits per heavy atom. The fourth-order valence-corrected chi connectivity index (χ4v) is 0.344. The fraction of sp³-hybridized carbons (Fsp3) is 0.500. The normalized spacial score (nSPS) is 8.67. The second-order valence-corrected chi connectivity index (χ2v) is 2.03. The van der Waals surface area contributed by atoms with Gasteiger partial charge in [-0.25, -0.2) is 0 Å². The van der Waals surface area contributed by atoms with E-state index in [1.165, 1.54) is 0 Å². The third-order valence-corrected chi connectivity index (χ3v) is 0.873. The van der Waals surface area contributed by atoms with Gasteiger partial charge in [0, 0.05) is 0 Å². The summed E-state index contributed by atoms with van der Waals surface area (Å²) < 4.78 is 4.31. The molecule has 9 heavy (non-hydrogen) atoms. The first kappa shape index (κ1) is 8.84. The van der Waals surface area contributed by atoms with Gasteiger partial charge in [0.25, 0.3) is 0 Å². The van der Waals surface area contributed by atoms with Gasteiger partial charge in [-0.2, -0.15) is 12.6 Å². The number of carbonyl (C=O) groups excluding carboxylic acids is 2. The van der Waals surface area contributed by atoms with Crippen molar-refractivity contribution in [2.24, 2.45) is 0 Å². The van der Waals surface area contributed by atoms with Crippen molar-refractivity contribution in [2.75, 3.05) is 12.4 Å². The second-order valence-electron chi connectivity index (χ2n) is 1.21. The maximum Gasteiger partial charge on any atom is 0.316 e. The van der Waals surface area contributed by atoms with Crippen LogP contribution in [0.15, 0.2) is 0 Å². The highest BCUT2D eigenvalue weighted by atomic mass is 32.1. The number of ether oxygens (including phenoxy) is 1. The second kappa shape index (κ2) is 4.69. The molecule has 0 unspecified atom stereocenters. The molecule has 0 heterocycles. The lowest BCUT2D eigenvalue weighted by atomic mass is 10.7. The van der Waals surface area contributed by atoms with E-state index in [9.17, 15) is 9.59 Å². The molecule has 0 aliphatic heterocycles. The highest BCUT2D eigenvalue weighted by Crippen LogP contribution is 1.84. The summed E-state index contributed by atoms with van der Waals surface area (Å²) in [7, 11) is 0. The first-order valence-electron chi connectivity index (χ1n) is 2.15. The molecule has 0 atom stereocenters. The van der Waals surface area contributed by atoms with Gasteiger partial charge in [-0.1, -0.05) is 0 Å². The zero-order chi connectivity index (χ0) is 7.28. The average Bonchev–Trinajstić information content (AvgIpc) is 1.83. The number of carbonyl (C=O) groups is 2. The van der Waals surface area contributed by atoms with Crippen LogP contribution < -0.4 is 0 Å². The summed E-state index contributed by atoms with van der Waals surface area (Å²) in [5.41, 5.74) is 0. The molecule has 5 heteroatoms. The maximum atomic E-state index is 10.2. The smallest absolute Gasteiger partial charge is 0.316 e. The zero-order valence-corrected chi connectivity index (χ0v) is 6.32. The molecule has 3 nitrogen and oxygen atoms in total. The van der Waals surface area contributed by atoms with Crippen molar-refractivity contribution in [1.82, 2.24) is 0 Å². The Kier molecular flexibility index (Phi) is 4.61. The summed E-state index contributed by atoms with van der Waals surface area (Å²) in [6, 6.07) is 0. The summed E-state index contributed by atoms with van der Waals surface area (Å²) in [5.74, 6) is -0.526. The summed E-state index contributed by atoms with van der Waals surface area (Å²) in [5, 5.41) is -0.467. The molecule has 0 fully saturated rings. The van der Waals surface area contributed by atoms with Crippen LogP contribution in [-0.4, -0.2) is 23.4 Å². The molecule has 0 aromatic carbocycles. The van der Waals surface area contributed by atoms with Crippen LogP contribution in [0.1, 0.15) is 0 Å². The molecule has 0 aliphatic rings. The van der Waals surface area contributed by atoms with E-state index in [-0.39, 0.29) is 12.4 Å². The lowest BCUT2D eigenvalue weighted by Gasteiger charge is -1.95. The Hall–Kier alpha value is -0.160. The molecule has 0 radical (unpaired) electrons. The van der Waals surface area contributed by atoms with Gasteiger partial charge in [-0.05, 0) is 0 Å². The van der Waals surface area contributed by atoms with Crippen molar-refractivity contribution in [3.8, 4) is 0 Å². The van der Waals surface area contributed by atoms with Gasteiger partial charge in [0.05, 0.1) is 5.75 Å². The standard InChI is InChI=1S/C4H6O3S2/c5-3(2-8)7-1-4(6)9/h8H,1-2H2,(H,6,9). The quantitative estimate of drug-likeness (QED) is 0.455. The third kappa shape index (κ3) is 5.72. The Morgan fingerprint density at radius 1 is 1.44 bits per heavy atom. The molecule has 0 saturated heterocycles. The van der Waals surface area contributed by atoms with Gasteiger partial charge in [-0.15, -0.1) is 12.6 Å². The minimum Gasteiger partial charge on any atom is -0.456 e. The SMILES string of the molecule is O=C(S)COC(=O)CS. The van der Waals surface area contributed by atoms with Crippen molar-refractivity contribution in [1.29, 1.82) is 0 Å². The molecular weight excluding hydrogens is 160 g/mol. The molecule has 0 spiro atoms. The van der Waals surface area contributed by atoms with E-state index in [1.807, 2.05) is 0 Å². The van der Waals surface area contributed by atoms with Crippen LogP contribution in [-0.2, 0) is 14.3 Å². The predicted molar refractivity (Wildman–Crippen MR) is 38.8 cm³/mol. The summed E-state index contributed by atoms with van der Waals surface area (Å²) in [4.78, 5) is 20.3. The number of rotatable bonds is 3. The fourth-order valence-electron chi connectivity index (χ4n) is 0.188. The number of esters is 1. The number of hydrogen-bond acceptors (Lipinski definition) is 4. The molecule has 0 rings (SSSR count). The van der Waals surface area contributed by atoms with Crippen molar-refractivity contribution in [3.05, 3.63) is 0 Å². The van der Waals surface area contributed by atoms with E-state index in [0.29, 0.717) is 0 Å². The van der Waals surface area contributed by atoms with Gasteiger partial charge < -0.3 is 4.74 Å². The molecule has 0 aromatic heterocycles. The van der Waals surface area contributed by atoms with E-state index < -0.39 is 11.1 Å². The van der Waals surface area contributed by atoms with Crippen molar-refractivity contribution < 1.29 is 14.3 Å². The van der Waals surface area contributed by atoms with Crippen LogP contribution >= 0.6 is 25.3 Å². The number of thiol groups is 2. The lowest BCUT2D eigenvalue weighted by Crippen LogP contribution is -2.10. The minimum absolute atomic E-state index is 0.0128. The highest BCUT2D eigenvalue weighted by molar-refractivity contribution is 7.96. The van der Waals surface area contributed by atoms with Gasteiger partial charge in [0.1, 0.15) is 0 Å². The Labute approximate surface area is 63.6 Å². The lowest BCUT2D eigenvalue weighted by molar-refractivity contribution is -0.143. The van der Waals surface area contributed by atoms with Crippen LogP contribution in [0.3, 0.4) is 0 Å². The van der Waals surface area contributed by atoms with Gasteiger partial charge in [0.2, 0.25) is 5.12 Å². The van der Waals surface area contributed by atoms with E-state index in [4.69, 9.17) is 0 Å². The maximum absolute atomic E-state index is 10.2. The molecule has 0 aliphatic carbocycles. The minimum atomic E-state index is -0.513. The summed E-state index contributed by atoms with van der Waals surface area (Å²) in [6.07, 6.45) is 0. The van der Waals surface area contributed by atoms with E-state index in [1.54, 1.807) is 0 Å². The van der Waals surface area contributed by atoms with Crippen LogP contribution in [0, 0.1) is 0 Å². The van der Waals surface area contributed by atoms with Gasteiger partial charge in [-0.3, -0.25) is 9.59 Å². The van der Waals surface area contributed by atoms with Gasteiger partial charge in [0.15, 0.2) is 6.61 Å². The molecule has 0 N–H and O–H groups in total. The number of hydrogen-bond donors (Lipinski definition) is 2. The van der Waals surface area contributed by atoms with Crippen LogP contribution in [0.4, 0.5) is 0 Å².